The minimum atomic E-state index is -1.06. The number of carboxylic acid groups (broad SMARTS) is 1. The van der Waals surface area contributed by atoms with Crippen LogP contribution >= 0.6 is 0 Å². The number of hydrogen-bond acceptors (Lipinski definition) is 3. The Morgan fingerprint density at radius 3 is 2.35 bits per heavy atom. The van der Waals surface area contributed by atoms with E-state index in [9.17, 15) is 9.59 Å². The van der Waals surface area contributed by atoms with Gasteiger partial charge in [0, 0.05) is 6.42 Å². The van der Waals surface area contributed by atoms with E-state index in [0.29, 0.717) is 19.3 Å². The Bertz CT molecular complexity index is 256. The van der Waals surface area contributed by atoms with Crippen LogP contribution in [-0.4, -0.2) is 40.8 Å². The van der Waals surface area contributed by atoms with Crippen molar-refractivity contribution in [1.82, 2.24) is 5.32 Å². The summed E-state index contributed by atoms with van der Waals surface area (Å²) in [5.74, 6) is -1.52. The Kier molecular flexibility index (Phi) is 7.49. The average Bonchev–Trinajstić information content (AvgIpc) is 2.26. The maximum atomic E-state index is 11.6. The summed E-state index contributed by atoms with van der Waals surface area (Å²) < 4.78 is 0. The molecule has 6 N–H and O–H groups in total. The number of carboxylic acids is 1. The third kappa shape index (κ3) is 6.23. The van der Waals surface area contributed by atoms with Gasteiger partial charge in [0.1, 0.15) is 12.6 Å². The Hall–Kier alpha value is -1.14. The Morgan fingerprint density at radius 2 is 1.94 bits per heavy atom. The van der Waals surface area contributed by atoms with Crippen LogP contribution in [0.5, 0.6) is 0 Å². The van der Waals surface area contributed by atoms with E-state index in [0.717, 1.165) is 0 Å². The van der Waals surface area contributed by atoms with Gasteiger partial charge in [-0.1, -0.05) is 13.8 Å². The fraction of sp³-hybridized carbons (Fsp3) is 0.818. The highest BCUT2D eigenvalue weighted by Crippen LogP contribution is 2.03. The van der Waals surface area contributed by atoms with Gasteiger partial charge < -0.3 is 21.3 Å². The highest BCUT2D eigenvalue weighted by atomic mass is 16.4. The van der Waals surface area contributed by atoms with Crippen LogP contribution in [-0.2, 0) is 9.59 Å². The largest absolute Gasteiger partial charge is 0.480 e. The first-order chi connectivity index (χ1) is 7.90. The summed E-state index contributed by atoms with van der Waals surface area (Å²) in [5.41, 5.74) is 5.63. The maximum Gasteiger partial charge on any atom is 0.326 e. The molecular formula is C11H23N2O4+. The number of carbonyl (C=O) groups is 2. The Balaban J connectivity index is 4.25. The molecule has 0 saturated carbocycles. The van der Waals surface area contributed by atoms with E-state index in [4.69, 9.17) is 15.9 Å². The Morgan fingerprint density at radius 1 is 1.35 bits per heavy atom. The monoisotopic (exact) mass is 247 g/mol. The van der Waals surface area contributed by atoms with E-state index in [1.807, 2.05) is 0 Å². The average molecular weight is 247 g/mol. The predicted molar refractivity (Wildman–Crippen MR) is 64.7 cm³/mol. The number of nitrogens with one attached hydrogen (secondary N) is 1. The first-order valence-corrected chi connectivity index (χ1v) is 5.83. The lowest BCUT2D eigenvalue weighted by molar-refractivity contribution is -0.142. The van der Waals surface area contributed by atoms with Crippen molar-refractivity contribution in [3.63, 3.8) is 0 Å². The molecule has 2 unspecified atom stereocenters. The minimum Gasteiger partial charge on any atom is -0.480 e. The molecule has 0 aromatic carbocycles. The van der Waals surface area contributed by atoms with Crippen LogP contribution in [0.4, 0.5) is 0 Å². The van der Waals surface area contributed by atoms with Gasteiger partial charge in [-0.2, -0.15) is 0 Å². The fourth-order valence-corrected chi connectivity index (χ4v) is 1.30. The SMILES string of the molecule is CC(C)C(N)C(=O)NC(CCCC[OH2+])C(=O)O. The standard InChI is InChI=1S/C11H22N2O4/c1-7(2)9(12)10(15)13-8(11(16)17)5-3-4-6-14/h7-9,14H,3-6,12H2,1-2H3,(H,13,15)(H,16,17)/p+1. The molecule has 0 aromatic rings. The van der Waals surface area contributed by atoms with Gasteiger partial charge in [0.15, 0.2) is 0 Å². The molecule has 0 spiro atoms. The summed E-state index contributed by atoms with van der Waals surface area (Å²) in [6.07, 6.45) is 1.58. The molecule has 0 aliphatic rings. The zero-order valence-electron chi connectivity index (χ0n) is 10.4. The summed E-state index contributed by atoms with van der Waals surface area (Å²) >= 11 is 0. The van der Waals surface area contributed by atoms with Gasteiger partial charge in [-0.05, 0) is 18.8 Å². The van der Waals surface area contributed by atoms with Gasteiger partial charge in [0.05, 0.1) is 6.04 Å². The van der Waals surface area contributed by atoms with Gasteiger partial charge in [-0.3, -0.25) is 4.79 Å². The highest BCUT2D eigenvalue weighted by Gasteiger charge is 2.24. The number of aliphatic carboxylic acids is 1. The fourth-order valence-electron chi connectivity index (χ4n) is 1.30. The normalized spacial score (nSPS) is 14.4. The topological polar surface area (TPSA) is 115 Å². The molecule has 0 aromatic heterocycles. The smallest absolute Gasteiger partial charge is 0.326 e. The summed E-state index contributed by atoms with van der Waals surface area (Å²) in [4.78, 5) is 22.5. The van der Waals surface area contributed by atoms with E-state index in [1.165, 1.54) is 0 Å². The lowest BCUT2D eigenvalue weighted by Gasteiger charge is -2.19. The maximum absolute atomic E-state index is 11.6. The molecule has 0 heterocycles. The summed E-state index contributed by atoms with van der Waals surface area (Å²) in [6.45, 7) is 3.88. The van der Waals surface area contributed by atoms with E-state index >= 15 is 0 Å². The van der Waals surface area contributed by atoms with Crippen molar-refractivity contribution in [2.75, 3.05) is 6.61 Å². The third-order valence-corrected chi connectivity index (χ3v) is 2.56. The van der Waals surface area contributed by atoms with E-state index in [-0.39, 0.29) is 12.5 Å². The zero-order chi connectivity index (χ0) is 13.4. The predicted octanol–water partition coefficient (Wildman–Crippen LogP) is -0.566. The molecule has 6 heteroatoms. The zero-order valence-corrected chi connectivity index (χ0v) is 10.4. The van der Waals surface area contributed by atoms with Crippen LogP contribution in [0.15, 0.2) is 0 Å². The summed E-state index contributed by atoms with van der Waals surface area (Å²) in [6, 6.07) is -1.59. The molecule has 0 rings (SSSR count). The second-order valence-electron chi connectivity index (χ2n) is 4.41. The number of rotatable bonds is 8. The molecule has 0 fully saturated rings. The lowest BCUT2D eigenvalue weighted by atomic mass is 10.0. The van der Waals surface area contributed by atoms with Crippen LogP contribution in [0.2, 0.25) is 0 Å². The van der Waals surface area contributed by atoms with E-state index in [2.05, 4.69) is 5.32 Å². The summed E-state index contributed by atoms with van der Waals surface area (Å²) in [5, 5.41) is 18.3. The molecule has 0 aliphatic carbocycles. The second-order valence-corrected chi connectivity index (χ2v) is 4.41. The lowest BCUT2D eigenvalue weighted by Crippen LogP contribution is -2.50. The van der Waals surface area contributed by atoms with Crippen molar-refractivity contribution in [2.24, 2.45) is 11.7 Å². The quantitative estimate of drug-likeness (QED) is 0.393. The number of nitrogens with two attached hydrogens (primary N) is 1. The first kappa shape index (κ1) is 15.9. The molecule has 0 bridgehead atoms. The molecule has 6 nitrogen and oxygen atoms in total. The van der Waals surface area contributed by atoms with E-state index in [1.54, 1.807) is 13.8 Å². The molecule has 2 atom stereocenters. The number of unbranched alkanes of at least 4 members (excludes halogenated alkanes) is 1. The molecular weight excluding hydrogens is 224 g/mol. The van der Waals surface area contributed by atoms with Gasteiger partial charge in [0.25, 0.3) is 0 Å². The number of hydrogen-bond donors (Lipinski definition) is 3. The van der Waals surface area contributed by atoms with Gasteiger partial charge >= 0.3 is 5.97 Å². The van der Waals surface area contributed by atoms with Crippen LogP contribution in [0.25, 0.3) is 0 Å². The Labute approximate surface area is 101 Å². The number of carbonyl (C=O) groups excluding carboxylic acids is 1. The molecule has 0 aliphatic heterocycles. The van der Waals surface area contributed by atoms with Gasteiger partial charge in [0.2, 0.25) is 5.91 Å². The molecule has 17 heavy (non-hydrogen) atoms. The first-order valence-electron chi connectivity index (χ1n) is 5.83. The van der Waals surface area contributed by atoms with Gasteiger partial charge in [-0.25, -0.2) is 4.79 Å². The van der Waals surface area contributed by atoms with Crippen molar-refractivity contribution in [3.8, 4) is 0 Å². The van der Waals surface area contributed by atoms with Gasteiger partial charge in [-0.15, -0.1) is 0 Å². The molecule has 100 valence electrons. The van der Waals surface area contributed by atoms with E-state index < -0.39 is 24.0 Å². The van der Waals surface area contributed by atoms with Crippen molar-refractivity contribution >= 4 is 11.9 Å². The van der Waals surface area contributed by atoms with Crippen molar-refractivity contribution in [3.05, 3.63) is 0 Å². The molecule has 1 amide bonds. The van der Waals surface area contributed by atoms with Crippen molar-refractivity contribution in [2.45, 2.75) is 45.2 Å². The highest BCUT2D eigenvalue weighted by molar-refractivity contribution is 5.86. The summed E-state index contributed by atoms with van der Waals surface area (Å²) in [7, 11) is 0. The second kappa shape index (κ2) is 8.03. The third-order valence-electron chi connectivity index (χ3n) is 2.56. The van der Waals surface area contributed by atoms with Crippen LogP contribution < -0.4 is 11.1 Å². The van der Waals surface area contributed by atoms with Crippen LogP contribution in [0.3, 0.4) is 0 Å². The van der Waals surface area contributed by atoms with Crippen molar-refractivity contribution in [1.29, 1.82) is 0 Å². The van der Waals surface area contributed by atoms with Crippen molar-refractivity contribution < 1.29 is 19.8 Å². The van der Waals surface area contributed by atoms with Crippen LogP contribution in [0.1, 0.15) is 33.1 Å². The van der Waals surface area contributed by atoms with Crippen LogP contribution in [0, 0.1) is 5.92 Å². The minimum absolute atomic E-state index is 0.0299. The molecule has 0 saturated heterocycles. The molecule has 0 radical (unpaired) electrons. The number of amides is 1.